The molecule has 10 nitrogen and oxygen atoms in total. The fraction of sp³-hybridized carbons (Fsp3) is 0.600. The van der Waals surface area contributed by atoms with Crippen molar-refractivity contribution in [3.05, 3.63) is 29.8 Å². The van der Waals surface area contributed by atoms with E-state index in [9.17, 15) is 19.2 Å². The van der Waals surface area contributed by atoms with Crippen LogP contribution in [0.5, 0.6) is 0 Å². The second-order valence-electron chi connectivity index (χ2n) is 9.85. The largest absolute Gasteiger partial charge is 0.353 e. The van der Waals surface area contributed by atoms with E-state index in [-0.39, 0.29) is 55.1 Å². The van der Waals surface area contributed by atoms with Gasteiger partial charge < -0.3 is 30.7 Å². The molecular weight excluding hydrogens is 480 g/mol. The van der Waals surface area contributed by atoms with Gasteiger partial charge in [-0.1, -0.05) is 6.07 Å². The molecule has 3 rings (SSSR count). The van der Waals surface area contributed by atoms with Gasteiger partial charge in [0.1, 0.15) is 6.04 Å². The summed E-state index contributed by atoms with van der Waals surface area (Å²) in [7, 11) is 7.01. The lowest BCUT2D eigenvalue weighted by molar-refractivity contribution is -0.140. The van der Waals surface area contributed by atoms with Crippen molar-refractivity contribution in [3.8, 4) is 0 Å². The van der Waals surface area contributed by atoms with Gasteiger partial charge in [-0.2, -0.15) is 0 Å². The number of nitrogens with zero attached hydrogens (tertiary/aromatic N) is 4. The molecule has 0 radical (unpaired) electrons. The Morgan fingerprint density at radius 3 is 2.67 bits per heavy atom. The minimum Gasteiger partial charge on any atom is -0.353 e. The number of carbonyl (C=O) groups is 4. The van der Waals surface area contributed by atoms with Gasteiger partial charge in [0, 0.05) is 68.4 Å². The fourth-order valence-electron chi connectivity index (χ4n) is 4.53. The number of hydrogen-bond donors (Lipinski definition) is 2. The van der Waals surface area contributed by atoms with Gasteiger partial charge in [-0.3, -0.25) is 19.2 Å². The molecule has 0 spiro atoms. The zero-order valence-corrected chi connectivity index (χ0v) is 22.4. The second-order valence-corrected chi connectivity index (χ2v) is 10.9. The molecule has 3 N–H and O–H groups in total. The van der Waals surface area contributed by atoms with E-state index in [0.717, 1.165) is 4.90 Å². The molecule has 3 atom stereocenters. The van der Waals surface area contributed by atoms with E-state index in [4.69, 9.17) is 5.73 Å². The molecular formula is C25H38N6O4S. The van der Waals surface area contributed by atoms with Gasteiger partial charge in [0.2, 0.25) is 17.7 Å². The van der Waals surface area contributed by atoms with Gasteiger partial charge in [-0.25, -0.2) is 0 Å². The maximum Gasteiger partial charge on any atom is 0.254 e. The lowest BCUT2D eigenvalue weighted by Crippen LogP contribution is -2.49. The number of carbonyl (C=O) groups excluding carboxylic acids is 4. The van der Waals surface area contributed by atoms with E-state index >= 15 is 0 Å². The predicted octanol–water partition coefficient (Wildman–Crippen LogP) is 0.0775. The third-order valence-corrected chi connectivity index (χ3v) is 7.81. The van der Waals surface area contributed by atoms with E-state index in [0.29, 0.717) is 37.4 Å². The van der Waals surface area contributed by atoms with E-state index in [1.54, 1.807) is 36.8 Å². The Bertz CT molecular complexity index is 974. The van der Waals surface area contributed by atoms with Gasteiger partial charge in [0.25, 0.3) is 5.91 Å². The second kappa shape index (κ2) is 12.6. The van der Waals surface area contributed by atoms with Gasteiger partial charge in [-0.15, -0.1) is 11.8 Å². The molecule has 4 amide bonds. The highest BCUT2D eigenvalue weighted by Gasteiger charge is 2.35. The monoisotopic (exact) mass is 518 g/mol. The van der Waals surface area contributed by atoms with Crippen molar-refractivity contribution in [3.63, 3.8) is 0 Å². The molecule has 1 aromatic rings. The average molecular weight is 519 g/mol. The third kappa shape index (κ3) is 7.21. The third-order valence-electron chi connectivity index (χ3n) is 6.67. The number of nitrogens with one attached hydrogen (secondary N) is 1. The number of rotatable bonds is 4. The first-order valence-corrected chi connectivity index (χ1v) is 13.3. The van der Waals surface area contributed by atoms with Crippen molar-refractivity contribution in [1.29, 1.82) is 0 Å². The minimum absolute atomic E-state index is 0.0337. The molecule has 198 valence electrons. The Hall–Kier alpha value is -2.63. The van der Waals surface area contributed by atoms with Crippen molar-refractivity contribution >= 4 is 35.4 Å². The van der Waals surface area contributed by atoms with Crippen molar-refractivity contribution in [2.75, 3.05) is 60.1 Å². The number of fused-ring (bicyclic) bond motifs is 3. The van der Waals surface area contributed by atoms with Crippen LogP contribution in [0.15, 0.2) is 29.2 Å². The normalized spacial score (nSPS) is 24.3. The predicted molar refractivity (Wildman–Crippen MR) is 140 cm³/mol. The molecule has 36 heavy (non-hydrogen) atoms. The van der Waals surface area contributed by atoms with Crippen LogP contribution in [-0.2, 0) is 14.4 Å². The molecule has 1 saturated heterocycles. The van der Waals surface area contributed by atoms with Crippen molar-refractivity contribution < 1.29 is 19.2 Å². The first-order chi connectivity index (χ1) is 17.1. The van der Waals surface area contributed by atoms with Crippen LogP contribution in [0.25, 0.3) is 0 Å². The van der Waals surface area contributed by atoms with E-state index in [1.807, 2.05) is 37.2 Å². The minimum atomic E-state index is -0.821. The van der Waals surface area contributed by atoms with Crippen molar-refractivity contribution in [1.82, 2.24) is 24.9 Å². The summed E-state index contributed by atoms with van der Waals surface area (Å²) in [5.41, 5.74) is 6.64. The highest BCUT2D eigenvalue weighted by Crippen LogP contribution is 2.27. The molecule has 0 aliphatic carbocycles. The Labute approximate surface area is 217 Å². The highest BCUT2D eigenvalue weighted by molar-refractivity contribution is 7.99. The van der Waals surface area contributed by atoms with Gasteiger partial charge in [0.15, 0.2) is 0 Å². The summed E-state index contributed by atoms with van der Waals surface area (Å²) in [5, 5.41) is 2.88. The number of nitrogens with two attached hydrogens (primary N) is 1. The van der Waals surface area contributed by atoms with E-state index in [2.05, 4.69) is 5.32 Å². The van der Waals surface area contributed by atoms with E-state index in [1.165, 1.54) is 9.80 Å². The molecule has 0 unspecified atom stereocenters. The summed E-state index contributed by atoms with van der Waals surface area (Å²) in [4.78, 5) is 59.8. The Balaban J connectivity index is 1.87. The summed E-state index contributed by atoms with van der Waals surface area (Å²) >= 11 is 1.57. The SMILES string of the molecule is CN(C)CCNC(=O)[C@@H]1CCC(=O)N(C)CC(=O)N2C[C@H](N)C[C@H]2CSc2cccc(c2)C(=O)N1C. The first kappa shape index (κ1) is 27.9. The number of likely N-dealkylation sites (N-methyl/N-ethyl adjacent to an activating group) is 3. The van der Waals surface area contributed by atoms with Crippen LogP contribution in [0.1, 0.15) is 29.6 Å². The van der Waals surface area contributed by atoms with E-state index < -0.39 is 6.04 Å². The number of benzene rings is 1. The Morgan fingerprint density at radius 2 is 1.94 bits per heavy atom. The van der Waals surface area contributed by atoms with Crippen LogP contribution < -0.4 is 11.1 Å². The molecule has 11 heteroatoms. The molecule has 2 bridgehead atoms. The highest BCUT2D eigenvalue weighted by atomic mass is 32.2. The molecule has 0 saturated carbocycles. The van der Waals surface area contributed by atoms with Gasteiger partial charge in [-0.05, 0) is 45.1 Å². The van der Waals surface area contributed by atoms with Crippen molar-refractivity contribution in [2.45, 2.75) is 42.3 Å². The Morgan fingerprint density at radius 1 is 1.19 bits per heavy atom. The smallest absolute Gasteiger partial charge is 0.254 e. The van der Waals surface area contributed by atoms with Crippen LogP contribution in [-0.4, -0.2) is 121 Å². The lowest BCUT2D eigenvalue weighted by atomic mass is 10.1. The van der Waals surface area contributed by atoms with Crippen molar-refractivity contribution in [2.24, 2.45) is 5.73 Å². The molecule has 2 heterocycles. The fourth-order valence-corrected chi connectivity index (χ4v) is 5.61. The molecule has 1 fully saturated rings. The zero-order valence-electron chi connectivity index (χ0n) is 21.6. The maximum absolute atomic E-state index is 13.4. The summed E-state index contributed by atoms with van der Waals surface area (Å²) in [6.45, 7) is 1.50. The topological polar surface area (TPSA) is 119 Å². The number of thioether (sulfide) groups is 1. The quantitative estimate of drug-likeness (QED) is 0.579. The van der Waals surface area contributed by atoms with Crippen LogP contribution in [0, 0.1) is 0 Å². The molecule has 1 aromatic carbocycles. The summed E-state index contributed by atoms with van der Waals surface area (Å²) < 4.78 is 0. The van der Waals surface area contributed by atoms with Gasteiger partial charge >= 0.3 is 0 Å². The first-order valence-electron chi connectivity index (χ1n) is 12.3. The maximum atomic E-state index is 13.4. The lowest BCUT2D eigenvalue weighted by Gasteiger charge is -2.30. The molecule has 0 aromatic heterocycles. The zero-order chi connectivity index (χ0) is 26.4. The van der Waals surface area contributed by atoms with Crippen LogP contribution >= 0.6 is 11.8 Å². The average Bonchev–Trinajstić information content (AvgIpc) is 3.22. The van der Waals surface area contributed by atoms with Gasteiger partial charge in [0.05, 0.1) is 6.54 Å². The van der Waals surface area contributed by atoms with Crippen LogP contribution in [0.4, 0.5) is 0 Å². The summed E-state index contributed by atoms with van der Waals surface area (Å²) in [6, 6.07) is 6.34. The molecule has 2 aliphatic rings. The number of hydrogen-bond acceptors (Lipinski definition) is 7. The summed E-state index contributed by atoms with van der Waals surface area (Å²) in [6.07, 6.45) is 0.882. The number of amides is 4. The standard InChI is InChI=1S/C25H38N6O4S/c1-28(2)11-10-27-24(34)21-8-9-22(32)29(3)15-23(33)31-14-18(26)13-19(31)16-36-20-7-5-6-17(12-20)25(35)30(21)4/h5-7,12,18-19,21H,8-11,13-16,26H2,1-4H3,(H,27,34)/t18-,19+,21+/m1/s1. The Kier molecular flexibility index (Phi) is 9.75. The van der Waals surface area contributed by atoms with Crippen LogP contribution in [0.2, 0.25) is 0 Å². The summed E-state index contributed by atoms with van der Waals surface area (Å²) in [5.74, 6) is -0.325. The van der Waals surface area contributed by atoms with Crippen LogP contribution in [0.3, 0.4) is 0 Å². The molecule has 2 aliphatic heterocycles.